The van der Waals surface area contributed by atoms with Crippen LogP contribution in [0.4, 0.5) is 11.4 Å². The Labute approximate surface area is 168 Å². The van der Waals surface area contributed by atoms with Gasteiger partial charge in [-0.3, -0.25) is 20.2 Å². The summed E-state index contributed by atoms with van der Waals surface area (Å²) >= 11 is 1.58. The SMILES string of the molecule is O=[N+]([O-])c1ccc2nc(OS(=O)(=O)Oc3nc4ccc([N+](=O)[O-])cc4s3)sc2c1. The van der Waals surface area contributed by atoms with E-state index in [1.807, 2.05) is 0 Å². The van der Waals surface area contributed by atoms with E-state index in [1.165, 1.54) is 36.4 Å². The Morgan fingerprint density at radius 1 is 0.793 bits per heavy atom. The van der Waals surface area contributed by atoms with E-state index in [0.717, 1.165) is 22.7 Å². The molecule has 0 aliphatic carbocycles. The first-order valence-electron chi connectivity index (χ1n) is 7.44. The minimum Gasteiger partial charge on any atom is -0.322 e. The van der Waals surface area contributed by atoms with Crippen molar-refractivity contribution >= 4 is 64.9 Å². The lowest BCUT2D eigenvalue weighted by molar-refractivity contribution is -0.384. The number of hydrogen-bond acceptors (Lipinski definition) is 12. The van der Waals surface area contributed by atoms with E-state index >= 15 is 0 Å². The monoisotopic (exact) mass is 454 g/mol. The van der Waals surface area contributed by atoms with Crippen LogP contribution >= 0.6 is 22.7 Å². The summed E-state index contributed by atoms with van der Waals surface area (Å²) in [5, 5.41) is 21.0. The van der Waals surface area contributed by atoms with Gasteiger partial charge in [-0.05, 0) is 12.1 Å². The predicted octanol–water partition coefficient (Wildman–Crippen LogP) is 3.43. The van der Waals surface area contributed by atoms with E-state index in [-0.39, 0.29) is 21.8 Å². The Balaban J connectivity index is 1.57. The van der Waals surface area contributed by atoms with Crippen LogP contribution in [0.3, 0.4) is 0 Å². The summed E-state index contributed by atoms with van der Waals surface area (Å²) in [6, 6.07) is 7.69. The first-order chi connectivity index (χ1) is 13.7. The smallest absolute Gasteiger partial charge is 0.322 e. The fourth-order valence-corrected chi connectivity index (χ4v) is 4.96. The van der Waals surface area contributed by atoms with Gasteiger partial charge in [0, 0.05) is 24.3 Å². The average Bonchev–Trinajstić information content (AvgIpc) is 3.20. The molecule has 0 radical (unpaired) electrons. The number of nitrogens with zero attached hydrogens (tertiary/aromatic N) is 4. The van der Waals surface area contributed by atoms with Gasteiger partial charge in [-0.1, -0.05) is 22.7 Å². The van der Waals surface area contributed by atoms with E-state index in [0.29, 0.717) is 20.4 Å². The van der Waals surface area contributed by atoms with Crippen molar-refractivity contribution in [1.29, 1.82) is 0 Å². The number of aromatic nitrogens is 2. The van der Waals surface area contributed by atoms with Gasteiger partial charge in [0.25, 0.3) is 21.8 Å². The van der Waals surface area contributed by atoms with Crippen molar-refractivity contribution < 1.29 is 26.6 Å². The second kappa shape index (κ2) is 6.87. The number of rotatable bonds is 6. The molecule has 0 unspecified atom stereocenters. The van der Waals surface area contributed by atoms with Gasteiger partial charge >= 0.3 is 10.4 Å². The van der Waals surface area contributed by atoms with Gasteiger partial charge in [-0.2, -0.15) is 0 Å². The molecule has 0 amide bonds. The van der Waals surface area contributed by atoms with E-state index in [2.05, 4.69) is 9.97 Å². The molecule has 0 saturated heterocycles. The summed E-state index contributed by atoms with van der Waals surface area (Å²) < 4.78 is 34.6. The zero-order valence-corrected chi connectivity index (χ0v) is 16.2. The van der Waals surface area contributed by atoms with Crippen LogP contribution in [0.25, 0.3) is 20.4 Å². The van der Waals surface area contributed by atoms with Gasteiger partial charge in [0.15, 0.2) is 0 Å². The van der Waals surface area contributed by atoms with Crippen LogP contribution in [0.1, 0.15) is 0 Å². The molecule has 2 aromatic carbocycles. The molecule has 29 heavy (non-hydrogen) atoms. The van der Waals surface area contributed by atoms with E-state index < -0.39 is 20.2 Å². The number of non-ortho nitro benzene ring substituents is 2. The molecular weight excluding hydrogens is 448 g/mol. The molecule has 0 bridgehead atoms. The van der Waals surface area contributed by atoms with Crippen LogP contribution in [0.15, 0.2) is 36.4 Å². The second-order valence-corrected chi connectivity index (χ2v) is 8.49. The lowest BCUT2D eigenvalue weighted by Gasteiger charge is -2.01. The fraction of sp³-hybridized carbons (Fsp3) is 0. The molecule has 2 heterocycles. The molecular formula is C14H6N4O8S3. The molecule has 15 heteroatoms. The van der Waals surface area contributed by atoms with Gasteiger partial charge in [0.05, 0.1) is 30.3 Å². The van der Waals surface area contributed by atoms with Crippen LogP contribution in [0, 0.1) is 20.2 Å². The van der Waals surface area contributed by atoms with Gasteiger partial charge in [0.1, 0.15) is 0 Å². The molecule has 0 N–H and O–H groups in total. The summed E-state index contributed by atoms with van der Waals surface area (Å²) in [6.45, 7) is 0. The average molecular weight is 454 g/mol. The predicted molar refractivity (Wildman–Crippen MR) is 103 cm³/mol. The van der Waals surface area contributed by atoms with E-state index in [1.54, 1.807) is 0 Å². The molecule has 0 fully saturated rings. The van der Waals surface area contributed by atoms with Crippen LogP contribution in [-0.4, -0.2) is 28.2 Å². The first-order valence-corrected chi connectivity index (χ1v) is 10.4. The Hall–Kier alpha value is -3.43. The molecule has 4 rings (SSSR count). The zero-order chi connectivity index (χ0) is 20.8. The number of nitro groups is 2. The van der Waals surface area contributed by atoms with Crippen molar-refractivity contribution in [3.05, 3.63) is 56.6 Å². The summed E-state index contributed by atoms with van der Waals surface area (Å²) in [6.07, 6.45) is 0. The Bertz CT molecular complexity index is 1290. The van der Waals surface area contributed by atoms with E-state index in [4.69, 9.17) is 8.37 Å². The second-order valence-electron chi connectivity index (χ2n) is 5.35. The van der Waals surface area contributed by atoms with Crippen LogP contribution in [0.2, 0.25) is 0 Å². The highest BCUT2D eigenvalue weighted by Gasteiger charge is 2.22. The quantitative estimate of drug-likeness (QED) is 0.311. The van der Waals surface area contributed by atoms with Crippen LogP contribution in [-0.2, 0) is 10.4 Å². The van der Waals surface area contributed by atoms with Crippen LogP contribution in [0.5, 0.6) is 10.4 Å². The molecule has 4 aromatic rings. The summed E-state index contributed by atoms with van der Waals surface area (Å²) in [4.78, 5) is 28.3. The van der Waals surface area contributed by atoms with Crippen molar-refractivity contribution in [2.45, 2.75) is 0 Å². The van der Waals surface area contributed by atoms with Gasteiger partial charge < -0.3 is 8.37 Å². The topological polar surface area (TPSA) is 165 Å². The summed E-state index contributed by atoms with van der Waals surface area (Å²) in [5.41, 5.74) is 0.293. The number of nitro benzene ring substituents is 2. The number of thiazole rings is 2. The third-order valence-corrected chi connectivity index (χ3v) is 6.20. The molecule has 0 atom stereocenters. The first kappa shape index (κ1) is 18.9. The molecule has 148 valence electrons. The fourth-order valence-electron chi connectivity index (χ4n) is 2.27. The van der Waals surface area contributed by atoms with E-state index in [9.17, 15) is 28.6 Å². The normalized spacial score (nSPS) is 11.6. The molecule has 2 aromatic heterocycles. The van der Waals surface area contributed by atoms with Crippen molar-refractivity contribution in [1.82, 2.24) is 9.97 Å². The molecule has 0 aliphatic heterocycles. The molecule has 0 saturated carbocycles. The third kappa shape index (κ3) is 3.91. The van der Waals surface area contributed by atoms with Crippen molar-refractivity contribution in [3.8, 4) is 10.4 Å². The van der Waals surface area contributed by atoms with Gasteiger partial charge in [-0.15, -0.1) is 8.42 Å². The zero-order valence-electron chi connectivity index (χ0n) is 13.7. The maximum atomic E-state index is 12.1. The standard InChI is InChI=1S/C14H6N4O8S3/c19-17(20)7-1-3-9-11(5-7)27-13(15-9)25-29(23,24)26-14-16-10-4-2-8(18(21)22)6-12(10)28-14/h1-6H. The van der Waals surface area contributed by atoms with Gasteiger partial charge in [0.2, 0.25) is 0 Å². The minimum atomic E-state index is -4.61. The largest absolute Gasteiger partial charge is 0.505 e. The maximum absolute atomic E-state index is 12.1. The van der Waals surface area contributed by atoms with Crippen molar-refractivity contribution in [2.75, 3.05) is 0 Å². The lowest BCUT2D eigenvalue weighted by atomic mass is 10.3. The Kier molecular flexibility index (Phi) is 4.48. The summed E-state index contributed by atoms with van der Waals surface area (Å²) in [7, 11) is -4.61. The van der Waals surface area contributed by atoms with Gasteiger partial charge in [-0.25, -0.2) is 9.97 Å². The van der Waals surface area contributed by atoms with Crippen molar-refractivity contribution in [2.24, 2.45) is 0 Å². The number of fused-ring (bicyclic) bond motifs is 2. The molecule has 0 aliphatic rings. The highest BCUT2D eigenvalue weighted by atomic mass is 32.3. The number of hydrogen-bond donors (Lipinski definition) is 0. The number of benzene rings is 2. The molecule has 0 spiro atoms. The Morgan fingerprint density at radius 2 is 1.21 bits per heavy atom. The third-order valence-electron chi connectivity index (χ3n) is 3.47. The summed E-state index contributed by atoms with van der Waals surface area (Å²) in [5.74, 6) is 0. The molecule has 12 nitrogen and oxygen atoms in total. The van der Waals surface area contributed by atoms with Crippen LogP contribution < -0.4 is 8.37 Å². The maximum Gasteiger partial charge on any atom is 0.505 e. The highest BCUT2D eigenvalue weighted by Crippen LogP contribution is 2.34. The van der Waals surface area contributed by atoms with Crippen molar-refractivity contribution in [3.63, 3.8) is 0 Å². The lowest BCUT2D eigenvalue weighted by Crippen LogP contribution is -2.16. The highest BCUT2D eigenvalue weighted by molar-refractivity contribution is 7.82. The Morgan fingerprint density at radius 3 is 1.59 bits per heavy atom. The minimum absolute atomic E-state index is 0.171.